The minimum Gasteiger partial charge on any atom is -0.381 e. The average molecular weight is 252 g/mol. The summed E-state index contributed by atoms with van der Waals surface area (Å²) in [5.41, 5.74) is -0.304. The summed E-state index contributed by atoms with van der Waals surface area (Å²) >= 11 is 0. The summed E-state index contributed by atoms with van der Waals surface area (Å²) in [5, 5.41) is 3.40. The van der Waals surface area contributed by atoms with Crippen molar-refractivity contribution in [1.82, 2.24) is 10.2 Å². The molecular weight excluding hydrogens is 228 g/mol. The molecule has 1 amide bonds. The highest BCUT2D eigenvalue weighted by Gasteiger charge is 2.44. The van der Waals surface area contributed by atoms with Crippen LogP contribution < -0.4 is 5.32 Å². The third-order valence-corrected chi connectivity index (χ3v) is 4.57. The van der Waals surface area contributed by atoms with Gasteiger partial charge < -0.3 is 15.0 Å². The molecule has 2 unspecified atom stereocenters. The van der Waals surface area contributed by atoms with Crippen LogP contribution in [0.4, 0.5) is 0 Å². The van der Waals surface area contributed by atoms with Crippen LogP contribution in [0.2, 0.25) is 0 Å². The highest BCUT2D eigenvalue weighted by molar-refractivity contribution is 5.86. The fourth-order valence-corrected chi connectivity index (χ4v) is 3.18. The molecule has 0 bridgehead atoms. The lowest BCUT2D eigenvalue weighted by Crippen LogP contribution is -2.54. The number of nitrogens with one attached hydrogen (secondary N) is 1. The summed E-state index contributed by atoms with van der Waals surface area (Å²) in [6.45, 7) is 5.66. The fraction of sp³-hybridized carbons (Fsp3) is 0.929. The molecule has 102 valence electrons. The van der Waals surface area contributed by atoms with Gasteiger partial charge in [-0.1, -0.05) is 0 Å². The first-order valence-electron chi connectivity index (χ1n) is 7.33. The van der Waals surface area contributed by atoms with Gasteiger partial charge in [-0.2, -0.15) is 0 Å². The molecule has 2 heterocycles. The molecule has 1 aliphatic carbocycles. The molecule has 1 N–H and O–H groups in total. The van der Waals surface area contributed by atoms with Crippen molar-refractivity contribution in [2.45, 2.75) is 50.6 Å². The highest BCUT2D eigenvalue weighted by Crippen LogP contribution is 2.32. The molecular formula is C14H24N2O2. The third-order valence-electron chi connectivity index (χ3n) is 4.57. The van der Waals surface area contributed by atoms with Crippen molar-refractivity contribution in [2.75, 3.05) is 26.3 Å². The first kappa shape index (κ1) is 12.4. The monoisotopic (exact) mass is 252 g/mol. The van der Waals surface area contributed by atoms with Crippen LogP contribution in [-0.2, 0) is 9.53 Å². The van der Waals surface area contributed by atoms with Crippen molar-refractivity contribution >= 4 is 5.91 Å². The Balaban J connectivity index is 1.66. The maximum Gasteiger partial charge on any atom is 0.242 e. The molecule has 0 spiro atoms. The molecule has 0 radical (unpaired) electrons. The van der Waals surface area contributed by atoms with Gasteiger partial charge in [0, 0.05) is 25.1 Å². The molecule has 2 atom stereocenters. The molecule has 1 saturated carbocycles. The van der Waals surface area contributed by atoms with Crippen LogP contribution in [0.5, 0.6) is 0 Å². The standard InChI is InChI=1S/C14H24N2O2/c1-14(6-2-7-15-14)13(17)16(12-3-4-12)9-11-5-8-18-10-11/h11-12,15H,2-10H2,1H3. The van der Waals surface area contributed by atoms with Gasteiger partial charge in [0.2, 0.25) is 5.91 Å². The normalized spacial score (nSPS) is 35.9. The minimum absolute atomic E-state index is 0.304. The number of carbonyl (C=O) groups excluding carboxylic acids is 1. The van der Waals surface area contributed by atoms with Crippen molar-refractivity contribution in [3.05, 3.63) is 0 Å². The third kappa shape index (κ3) is 2.41. The second-order valence-corrected chi connectivity index (χ2v) is 6.28. The Morgan fingerprint density at radius 2 is 2.28 bits per heavy atom. The van der Waals surface area contributed by atoms with Gasteiger partial charge >= 0.3 is 0 Å². The predicted molar refractivity (Wildman–Crippen MR) is 69.3 cm³/mol. The summed E-state index contributed by atoms with van der Waals surface area (Å²) in [4.78, 5) is 14.9. The first-order valence-corrected chi connectivity index (χ1v) is 7.33. The summed E-state index contributed by atoms with van der Waals surface area (Å²) < 4.78 is 5.43. The van der Waals surface area contributed by atoms with E-state index in [9.17, 15) is 4.79 Å². The number of ether oxygens (including phenoxy) is 1. The largest absolute Gasteiger partial charge is 0.381 e. The number of hydrogen-bond donors (Lipinski definition) is 1. The van der Waals surface area contributed by atoms with Crippen LogP contribution in [-0.4, -0.2) is 48.7 Å². The molecule has 3 fully saturated rings. The van der Waals surface area contributed by atoms with E-state index in [1.165, 1.54) is 12.8 Å². The van der Waals surface area contributed by atoms with E-state index in [0.29, 0.717) is 17.9 Å². The van der Waals surface area contributed by atoms with Crippen molar-refractivity contribution in [3.8, 4) is 0 Å². The smallest absolute Gasteiger partial charge is 0.242 e. The molecule has 18 heavy (non-hydrogen) atoms. The molecule has 4 heteroatoms. The summed E-state index contributed by atoms with van der Waals surface area (Å²) in [5.74, 6) is 0.883. The predicted octanol–water partition coefficient (Wildman–Crippen LogP) is 1.16. The van der Waals surface area contributed by atoms with E-state index >= 15 is 0 Å². The van der Waals surface area contributed by atoms with Gasteiger partial charge in [-0.25, -0.2) is 0 Å². The van der Waals surface area contributed by atoms with E-state index in [-0.39, 0.29) is 5.54 Å². The molecule has 0 aromatic rings. The van der Waals surface area contributed by atoms with Gasteiger partial charge in [0.05, 0.1) is 12.1 Å². The maximum absolute atomic E-state index is 12.8. The lowest BCUT2D eigenvalue weighted by Gasteiger charge is -2.33. The van der Waals surface area contributed by atoms with E-state index in [1.54, 1.807) is 0 Å². The summed E-state index contributed by atoms with van der Waals surface area (Å²) in [6, 6.07) is 0.511. The molecule has 4 nitrogen and oxygen atoms in total. The van der Waals surface area contributed by atoms with E-state index in [2.05, 4.69) is 17.1 Å². The van der Waals surface area contributed by atoms with Crippen molar-refractivity contribution in [2.24, 2.45) is 5.92 Å². The Kier molecular flexibility index (Phi) is 3.32. The van der Waals surface area contributed by atoms with Crippen molar-refractivity contribution in [3.63, 3.8) is 0 Å². The first-order chi connectivity index (χ1) is 8.69. The lowest BCUT2D eigenvalue weighted by molar-refractivity contribution is -0.138. The van der Waals surface area contributed by atoms with Gasteiger partial charge in [0.15, 0.2) is 0 Å². The number of nitrogens with zero attached hydrogens (tertiary/aromatic N) is 1. The van der Waals surface area contributed by atoms with Crippen LogP contribution in [0.1, 0.15) is 39.0 Å². The van der Waals surface area contributed by atoms with Crippen LogP contribution >= 0.6 is 0 Å². The molecule has 2 aliphatic heterocycles. The zero-order valence-corrected chi connectivity index (χ0v) is 11.3. The Morgan fingerprint density at radius 1 is 1.44 bits per heavy atom. The Bertz CT molecular complexity index is 316. The minimum atomic E-state index is -0.304. The number of hydrogen-bond acceptors (Lipinski definition) is 3. The molecule has 0 aromatic heterocycles. The lowest BCUT2D eigenvalue weighted by atomic mass is 9.97. The second-order valence-electron chi connectivity index (χ2n) is 6.28. The Hall–Kier alpha value is -0.610. The van der Waals surface area contributed by atoms with E-state index < -0.39 is 0 Å². The van der Waals surface area contributed by atoms with E-state index in [1.807, 2.05) is 0 Å². The van der Waals surface area contributed by atoms with Gasteiger partial charge in [-0.05, 0) is 45.6 Å². The topological polar surface area (TPSA) is 41.6 Å². The van der Waals surface area contributed by atoms with Gasteiger partial charge in [0.1, 0.15) is 0 Å². The molecule has 0 aromatic carbocycles. The number of amides is 1. The van der Waals surface area contributed by atoms with Crippen molar-refractivity contribution in [1.29, 1.82) is 0 Å². The van der Waals surface area contributed by atoms with Crippen LogP contribution in [0.15, 0.2) is 0 Å². The van der Waals surface area contributed by atoms with Crippen LogP contribution in [0.25, 0.3) is 0 Å². The summed E-state index contributed by atoms with van der Waals surface area (Å²) in [6.07, 6.45) is 5.59. The molecule has 3 aliphatic rings. The van der Waals surface area contributed by atoms with Crippen LogP contribution in [0, 0.1) is 5.92 Å². The fourth-order valence-electron chi connectivity index (χ4n) is 3.18. The average Bonchev–Trinajstić information content (AvgIpc) is 2.89. The van der Waals surface area contributed by atoms with Gasteiger partial charge in [0.25, 0.3) is 0 Å². The summed E-state index contributed by atoms with van der Waals surface area (Å²) in [7, 11) is 0. The van der Waals surface area contributed by atoms with Gasteiger partial charge in [-0.3, -0.25) is 4.79 Å². The SMILES string of the molecule is CC1(C(=O)N(CC2CCOC2)C2CC2)CCCN1. The quantitative estimate of drug-likeness (QED) is 0.816. The maximum atomic E-state index is 12.8. The zero-order valence-electron chi connectivity index (χ0n) is 11.3. The van der Waals surface area contributed by atoms with Crippen molar-refractivity contribution < 1.29 is 9.53 Å². The number of carbonyl (C=O) groups is 1. The van der Waals surface area contributed by atoms with Gasteiger partial charge in [-0.15, -0.1) is 0 Å². The Labute approximate surface area is 109 Å². The Morgan fingerprint density at radius 3 is 2.83 bits per heavy atom. The van der Waals surface area contributed by atoms with E-state index in [0.717, 1.165) is 45.6 Å². The number of rotatable bonds is 4. The van der Waals surface area contributed by atoms with Crippen LogP contribution in [0.3, 0.4) is 0 Å². The highest BCUT2D eigenvalue weighted by atomic mass is 16.5. The van der Waals surface area contributed by atoms with E-state index in [4.69, 9.17) is 4.74 Å². The second kappa shape index (κ2) is 4.82. The molecule has 3 rings (SSSR count). The molecule has 2 saturated heterocycles. The zero-order chi connectivity index (χ0) is 12.6.